The molecule has 2 nitrogen and oxygen atoms in total. The molecule has 0 radical (unpaired) electrons. The summed E-state index contributed by atoms with van der Waals surface area (Å²) in [6, 6.07) is 11.5. The van der Waals surface area contributed by atoms with Gasteiger partial charge in [-0.3, -0.25) is 4.90 Å². The van der Waals surface area contributed by atoms with Crippen molar-refractivity contribution in [2.24, 2.45) is 5.92 Å². The van der Waals surface area contributed by atoms with E-state index in [-0.39, 0.29) is 0 Å². The molecule has 0 amide bonds. The smallest absolute Gasteiger partial charge is 0.0645 e. The fraction of sp³-hybridized carbons (Fsp3) is 0.714. The molecule has 1 saturated heterocycles. The predicted molar refractivity (Wildman–Crippen MR) is 98.4 cm³/mol. The van der Waals surface area contributed by atoms with Crippen LogP contribution in [0.3, 0.4) is 0 Å². The first-order valence-electron chi connectivity index (χ1n) is 9.62. The highest BCUT2D eigenvalue weighted by Crippen LogP contribution is 2.36. The van der Waals surface area contributed by atoms with Crippen LogP contribution in [0.5, 0.6) is 0 Å². The lowest BCUT2D eigenvalue weighted by Gasteiger charge is -2.44. The third kappa shape index (κ3) is 5.06. The summed E-state index contributed by atoms with van der Waals surface area (Å²) < 4.78 is 0. The van der Waals surface area contributed by atoms with Crippen LogP contribution in [0.25, 0.3) is 0 Å². The van der Waals surface area contributed by atoms with E-state index >= 15 is 0 Å². The number of aliphatic hydroxyl groups is 1. The van der Waals surface area contributed by atoms with E-state index in [4.69, 9.17) is 0 Å². The van der Waals surface area contributed by atoms with Crippen LogP contribution in [0.1, 0.15) is 71.3 Å². The Balaban J connectivity index is 2.09. The first-order valence-corrected chi connectivity index (χ1v) is 9.62. The number of piperidine rings is 1. The second-order valence-electron chi connectivity index (χ2n) is 7.35. The van der Waals surface area contributed by atoms with Gasteiger partial charge in [0.05, 0.1) is 5.60 Å². The van der Waals surface area contributed by atoms with Gasteiger partial charge in [0.25, 0.3) is 0 Å². The lowest BCUT2D eigenvalue weighted by molar-refractivity contribution is -0.0245. The Kier molecular flexibility index (Phi) is 7.10. The molecule has 0 unspecified atom stereocenters. The van der Waals surface area contributed by atoms with E-state index in [1.165, 1.54) is 37.8 Å². The SMILES string of the molecule is CCC[C@@H]1[C@H](CC(O)(CC)CC)CCCN1Cc1ccccc1. The van der Waals surface area contributed by atoms with E-state index in [2.05, 4.69) is 56.0 Å². The molecule has 2 rings (SSSR count). The molecule has 1 N–H and O–H groups in total. The summed E-state index contributed by atoms with van der Waals surface area (Å²) in [4.78, 5) is 2.68. The van der Waals surface area contributed by atoms with Crippen LogP contribution >= 0.6 is 0 Å². The molecule has 2 atom stereocenters. The standard InChI is InChI=1S/C21H35NO/c1-4-11-20-19(16-21(23,5-2)6-3)14-10-15-22(20)17-18-12-8-7-9-13-18/h7-9,12-13,19-20,23H,4-6,10-11,14-17H2,1-3H3/t19-,20+/m0/s1. The van der Waals surface area contributed by atoms with Crippen LogP contribution in [0.2, 0.25) is 0 Å². The van der Waals surface area contributed by atoms with Crippen molar-refractivity contribution in [3.8, 4) is 0 Å². The fourth-order valence-electron chi connectivity index (χ4n) is 4.21. The Labute approximate surface area is 142 Å². The zero-order valence-electron chi connectivity index (χ0n) is 15.3. The van der Waals surface area contributed by atoms with Crippen LogP contribution in [0.15, 0.2) is 30.3 Å². The van der Waals surface area contributed by atoms with E-state index in [1.54, 1.807) is 0 Å². The molecular weight excluding hydrogens is 282 g/mol. The molecule has 0 aromatic heterocycles. The van der Waals surface area contributed by atoms with Crippen LogP contribution < -0.4 is 0 Å². The van der Waals surface area contributed by atoms with Crippen LogP contribution in [0.4, 0.5) is 0 Å². The van der Waals surface area contributed by atoms with E-state index < -0.39 is 5.60 Å². The van der Waals surface area contributed by atoms with E-state index in [9.17, 15) is 5.11 Å². The molecule has 1 aliphatic rings. The Morgan fingerprint density at radius 1 is 1.13 bits per heavy atom. The molecule has 1 fully saturated rings. The highest BCUT2D eigenvalue weighted by molar-refractivity contribution is 5.14. The zero-order chi connectivity index (χ0) is 16.7. The molecule has 2 heteroatoms. The van der Waals surface area contributed by atoms with Crippen molar-refractivity contribution < 1.29 is 5.11 Å². The van der Waals surface area contributed by atoms with E-state index in [1.807, 2.05) is 0 Å². The normalized spacial score (nSPS) is 23.1. The molecule has 0 bridgehead atoms. The minimum Gasteiger partial charge on any atom is -0.390 e. The minimum absolute atomic E-state index is 0.466. The Hall–Kier alpha value is -0.860. The summed E-state index contributed by atoms with van der Waals surface area (Å²) in [5.41, 5.74) is 0.947. The van der Waals surface area contributed by atoms with Crippen molar-refractivity contribution in [2.45, 2.75) is 83.9 Å². The molecule has 1 aromatic rings. The van der Waals surface area contributed by atoms with Gasteiger partial charge in [0, 0.05) is 12.6 Å². The molecule has 0 aliphatic carbocycles. The number of hydrogen-bond donors (Lipinski definition) is 1. The average molecular weight is 318 g/mol. The van der Waals surface area contributed by atoms with Gasteiger partial charge in [-0.15, -0.1) is 0 Å². The second-order valence-corrected chi connectivity index (χ2v) is 7.35. The highest BCUT2D eigenvalue weighted by Gasteiger charge is 2.35. The van der Waals surface area contributed by atoms with Gasteiger partial charge in [0.1, 0.15) is 0 Å². The average Bonchev–Trinajstić information content (AvgIpc) is 2.58. The zero-order valence-corrected chi connectivity index (χ0v) is 15.3. The van der Waals surface area contributed by atoms with Crippen molar-refractivity contribution in [1.82, 2.24) is 4.90 Å². The summed E-state index contributed by atoms with van der Waals surface area (Å²) >= 11 is 0. The molecule has 0 spiro atoms. The number of benzene rings is 1. The third-order valence-corrected chi connectivity index (χ3v) is 5.80. The van der Waals surface area contributed by atoms with Crippen LogP contribution in [-0.2, 0) is 6.54 Å². The Morgan fingerprint density at radius 2 is 1.83 bits per heavy atom. The summed E-state index contributed by atoms with van der Waals surface area (Å²) in [5.74, 6) is 0.636. The van der Waals surface area contributed by atoms with Crippen molar-refractivity contribution in [1.29, 1.82) is 0 Å². The molecule has 1 aliphatic heterocycles. The predicted octanol–water partition coefficient (Wildman–Crippen LogP) is 5.01. The van der Waals surface area contributed by atoms with Crippen LogP contribution in [-0.4, -0.2) is 28.2 Å². The number of likely N-dealkylation sites (tertiary alicyclic amines) is 1. The largest absolute Gasteiger partial charge is 0.390 e. The van der Waals surface area contributed by atoms with Gasteiger partial charge in [-0.25, -0.2) is 0 Å². The maximum absolute atomic E-state index is 10.8. The summed E-state index contributed by atoms with van der Waals surface area (Å²) in [6.07, 6.45) is 7.73. The highest BCUT2D eigenvalue weighted by atomic mass is 16.3. The van der Waals surface area contributed by atoms with Crippen LogP contribution in [0, 0.1) is 5.92 Å². The minimum atomic E-state index is -0.466. The quantitative estimate of drug-likeness (QED) is 0.728. The van der Waals surface area contributed by atoms with Gasteiger partial charge >= 0.3 is 0 Å². The van der Waals surface area contributed by atoms with Gasteiger partial charge in [0.15, 0.2) is 0 Å². The summed E-state index contributed by atoms with van der Waals surface area (Å²) in [5, 5.41) is 10.8. The molecule has 23 heavy (non-hydrogen) atoms. The van der Waals surface area contributed by atoms with Gasteiger partial charge in [-0.05, 0) is 56.6 Å². The third-order valence-electron chi connectivity index (χ3n) is 5.80. The van der Waals surface area contributed by atoms with Gasteiger partial charge in [-0.1, -0.05) is 57.5 Å². The van der Waals surface area contributed by atoms with Gasteiger partial charge < -0.3 is 5.11 Å². The Bertz CT molecular complexity index is 440. The van der Waals surface area contributed by atoms with E-state index in [0.717, 1.165) is 25.8 Å². The number of hydrogen-bond acceptors (Lipinski definition) is 2. The monoisotopic (exact) mass is 317 g/mol. The maximum Gasteiger partial charge on any atom is 0.0645 e. The molecular formula is C21H35NO. The molecule has 0 saturated carbocycles. The summed E-state index contributed by atoms with van der Waals surface area (Å²) in [7, 11) is 0. The molecule has 130 valence electrons. The number of nitrogens with zero attached hydrogens (tertiary/aromatic N) is 1. The maximum atomic E-state index is 10.8. The van der Waals surface area contributed by atoms with Crippen molar-refractivity contribution in [3.05, 3.63) is 35.9 Å². The Morgan fingerprint density at radius 3 is 2.43 bits per heavy atom. The van der Waals surface area contributed by atoms with Gasteiger partial charge in [-0.2, -0.15) is 0 Å². The lowest BCUT2D eigenvalue weighted by atomic mass is 9.77. The lowest BCUT2D eigenvalue weighted by Crippen LogP contribution is -2.47. The van der Waals surface area contributed by atoms with Crippen molar-refractivity contribution >= 4 is 0 Å². The molecule has 1 heterocycles. The molecule has 1 aromatic carbocycles. The van der Waals surface area contributed by atoms with Gasteiger partial charge in [0.2, 0.25) is 0 Å². The number of rotatable bonds is 8. The summed E-state index contributed by atoms with van der Waals surface area (Å²) in [6.45, 7) is 8.80. The fourth-order valence-corrected chi connectivity index (χ4v) is 4.21. The van der Waals surface area contributed by atoms with E-state index in [0.29, 0.717) is 12.0 Å². The first-order chi connectivity index (χ1) is 11.1. The van der Waals surface area contributed by atoms with Crippen molar-refractivity contribution in [3.63, 3.8) is 0 Å². The first kappa shape index (κ1) is 18.5. The topological polar surface area (TPSA) is 23.5 Å². The second kappa shape index (κ2) is 8.84. The van der Waals surface area contributed by atoms with Crippen molar-refractivity contribution in [2.75, 3.05) is 6.54 Å².